The maximum Gasteiger partial charge on any atom is 0.418 e. The standard InChI is InChI=1S/C18H16F3N3O4/c1-10(25)23-12-3-4-14(13(7-12)18(19,20)21)24-17(26)22-8-11-2-5-15-16(6-11)28-9-27-15/h2-7H,8-9H2,1H3,(H,23,25)(H2,22,24,26). The number of ether oxygens (including phenoxy) is 2. The van der Waals surface area contributed by atoms with E-state index in [1.807, 2.05) is 0 Å². The molecule has 148 valence electrons. The molecule has 0 radical (unpaired) electrons. The van der Waals surface area contributed by atoms with Crippen LogP contribution in [-0.4, -0.2) is 18.7 Å². The molecule has 0 fully saturated rings. The number of alkyl halides is 3. The first-order valence-electron chi connectivity index (χ1n) is 8.14. The van der Waals surface area contributed by atoms with E-state index in [0.717, 1.165) is 12.1 Å². The summed E-state index contributed by atoms with van der Waals surface area (Å²) in [6, 6.07) is 7.35. The Labute approximate surface area is 157 Å². The van der Waals surface area contributed by atoms with Crippen molar-refractivity contribution in [1.82, 2.24) is 5.32 Å². The molecule has 0 unspecified atom stereocenters. The van der Waals surface area contributed by atoms with Gasteiger partial charge in [-0.15, -0.1) is 0 Å². The van der Waals surface area contributed by atoms with Crippen LogP contribution in [0.5, 0.6) is 11.5 Å². The van der Waals surface area contributed by atoms with Crippen molar-refractivity contribution >= 4 is 23.3 Å². The summed E-state index contributed by atoms with van der Waals surface area (Å²) in [5.74, 6) is 0.616. The lowest BCUT2D eigenvalue weighted by Gasteiger charge is -2.16. The molecule has 0 aromatic heterocycles. The number of halogens is 3. The molecule has 0 aliphatic carbocycles. The van der Waals surface area contributed by atoms with Gasteiger partial charge in [-0.2, -0.15) is 13.2 Å². The van der Waals surface area contributed by atoms with E-state index in [1.54, 1.807) is 18.2 Å². The number of nitrogens with one attached hydrogen (secondary N) is 3. The summed E-state index contributed by atoms with van der Waals surface area (Å²) >= 11 is 0. The van der Waals surface area contributed by atoms with E-state index in [0.29, 0.717) is 17.1 Å². The monoisotopic (exact) mass is 395 g/mol. The van der Waals surface area contributed by atoms with Gasteiger partial charge in [-0.3, -0.25) is 4.79 Å². The zero-order chi connectivity index (χ0) is 20.3. The number of anilines is 2. The van der Waals surface area contributed by atoms with Gasteiger partial charge in [-0.05, 0) is 35.9 Å². The lowest BCUT2D eigenvalue weighted by atomic mass is 10.1. The van der Waals surface area contributed by atoms with Crippen molar-refractivity contribution in [3.63, 3.8) is 0 Å². The molecule has 0 bridgehead atoms. The summed E-state index contributed by atoms with van der Waals surface area (Å²) in [6.07, 6.45) is -4.71. The van der Waals surface area contributed by atoms with E-state index < -0.39 is 29.4 Å². The quantitative estimate of drug-likeness (QED) is 0.736. The average Bonchev–Trinajstić information content (AvgIpc) is 3.07. The Hall–Kier alpha value is -3.43. The molecule has 1 aliphatic heterocycles. The van der Waals surface area contributed by atoms with E-state index in [2.05, 4.69) is 16.0 Å². The van der Waals surface area contributed by atoms with Crippen molar-refractivity contribution in [2.75, 3.05) is 17.4 Å². The van der Waals surface area contributed by atoms with Gasteiger partial charge in [0.15, 0.2) is 11.5 Å². The third-order valence-electron chi connectivity index (χ3n) is 3.78. The smallest absolute Gasteiger partial charge is 0.418 e. The minimum absolute atomic E-state index is 0.0221. The summed E-state index contributed by atoms with van der Waals surface area (Å²) in [4.78, 5) is 23.1. The van der Waals surface area contributed by atoms with Crippen LogP contribution < -0.4 is 25.4 Å². The number of urea groups is 1. The van der Waals surface area contributed by atoms with Crippen molar-refractivity contribution < 1.29 is 32.2 Å². The second kappa shape index (κ2) is 7.67. The van der Waals surface area contributed by atoms with Crippen LogP contribution in [0.1, 0.15) is 18.1 Å². The molecule has 3 N–H and O–H groups in total. The zero-order valence-electron chi connectivity index (χ0n) is 14.6. The maximum absolute atomic E-state index is 13.3. The number of amides is 3. The Morgan fingerprint density at radius 2 is 1.79 bits per heavy atom. The van der Waals surface area contributed by atoms with Gasteiger partial charge in [0.25, 0.3) is 0 Å². The highest BCUT2D eigenvalue weighted by atomic mass is 19.4. The number of hydrogen-bond acceptors (Lipinski definition) is 4. The van der Waals surface area contributed by atoms with Crippen LogP contribution >= 0.6 is 0 Å². The Bertz CT molecular complexity index is 915. The maximum atomic E-state index is 13.3. The summed E-state index contributed by atoms with van der Waals surface area (Å²) in [6.45, 7) is 1.37. The highest BCUT2D eigenvalue weighted by Gasteiger charge is 2.34. The van der Waals surface area contributed by atoms with Crippen molar-refractivity contribution in [3.8, 4) is 11.5 Å². The third kappa shape index (κ3) is 4.64. The van der Waals surface area contributed by atoms with E-state index in [-0.39, 0.29) is 19.0 Å². The van der Waals surface area contributed by atoms with Crippen LogP contribution in [0.2, 0.25) is 0 Å². The largest absolute Gasteiger partial charge is 0.454 e. The first-order valence-corrected chi connectivity index (χ1v) is 8.14. The summed E-state index contributed by atoms with van der Waals surface area (Å²) < 4.78 is 50.3. The predicted molar refractivity (Wildman–Crippen MR) is 94.2 cm³/mol. The fraction of sp³-hybridized carbons (Fsp3) is 0.222. The second-order valence-corrected chi connectivity index (χ2v) is 5.93. The van der Waals surface area contributed by atoms with Gasteiger partial charge >= 0.3 is 12.2 Å². The van der Waals surface area contributed by atoms with Crippen molar-refractivity contribution in [2.24, 2.45) is 0 Å². The van der Waals surface area contributed by atoms with Gasteiger partial charge in [0.1, 0.15) is 0 Å². The molecule has 3 rings (SSSR count). The molecule has 2 aromatic carbocycles. The lowest BCUT2D eigenvalue weighted by Crippen LogP contribution is -2.29. The summed E-state index contributed by atoms with van der Waals surface area (Å²) in [5.41, 5.74) is -0.829. The van der Waals surface area contributed by atoms with E-state index in [1.165, 1.54) is 13.0 Å². The summed E-state index contributed by atoms with van der Waals surface area (Å²) in [5, 5.41) is 6.94. The number of benzene rings is 2. The van der Waals surface area contributed by atoms with Gasteiger partial charge in [-0.1, -0.05) is 6.07 Å². The molecule has 28 heavy (non-hydrogen) atoms. The van der Waals surface area contributed by atoms with Gasteiger partial charge in [0.2, 0.25) is 12.7 Å². The van der Waals surface area contributed by atoms with Crippen LogP contribution in [0.25, 0.3) is 0 Å². The molecule has 3 amide bonds. The number of hydrogen-bond donors (Lipinski definition) is 3. The molecule has 0 spiro atoms. The zero-order valence-corrected chi connectivity index (χ0v) is 14.6. The number of carbonyl (C=O) groups excluding carboxylic acids is 2. The van der Waals surface area contributed by atoms with Crippen molar-refractivity contribution in [2.45, 2.75) is 19.6 Å². The van der Waals surface area contributed by atoms with Gasteiger partial charge in [-0.25, -0.2) is 4.79 Å². The molecule has 0 saturated carbocycles. The van der Waals surface area contributed by atoms with Crippen LogP contribution in [0.4, 0.5) is 29.3 Å². The van der Waals surface area contributed by atoms with Gasteiger partial charge in [0, 0.05) is 19.2 Å². The van der Waals surface area contributed by atoms with Gasteiger partial charge in [0.05, 0.1) is 11.3 Å². The predicted octanol–water partition coefficient (Wildman–Crippen LogP) is 3.71. The van der Waals surface area contributed by atoms with Crippen LogP contribution in [0.3, 0.4) is 0 Å². The van der Waals surface area contributed by atoms with E-state index in [4.69, 9.17) is 9.47 Å². The molecular formula is C18H16F3N3O4. The second-order valence-electron chi connectivity index (χ2n) is 5.93. The molecule has 2 aromatic rings. The molecule has 0 atom stereocenters. The van der Waals surface area contributed by atoms with E-state index >= 15 is 0 Å². The minimum atomic E-state index is -4.71. The Morgan fingerprint density at radius 3 is 2.50 bits per heavy atom. The molecule has 0 saturated heterocycles. The topological polar surface area (TPSA) is 88.7 Å². The summed E-state index contributed by atoms with van der Waals surface area (Å²) in [7, 11) is 0. The fourth-order valence-electron chi connectivity index (χ4n) is 2.57. The van der Waals surface area contributed by atoms with E-state index in [9.17, 15) is 22.8 Å². The lowest BCUT2D eigenvalue weighted by molar-refractivity contribution is -0.137. The van der Waals surface area contributed by atoms with Crippen LogP contribution in [0, 0.1) is 0 Å². The SMILES string of the molecule is CC(=O)Nc1ccc(NC(=O)NCc2ccc3c(c2)OCO3)c(C(F)(F)F)c1. The fourth-order valence-corrected chi connectivity index (χ4v) is 2.57. The first kappa shape index (κ1) is 19.3. The number of rotatable bonds is 4. The average molecular weight is 395 g/mol. The normalized spacial score (nSPS) is 12.4. The number of carbonyl (C=O) groups is 2. The molecule has 10 heteroatoms. The molecular weight excluding hydrogens is 379 g/mol. The highest BCUT2D eigenvalue weighted by molar-refractivity contribution is 5.92. The third-order valence-corrected chi connectivity index (χ3v) is 3.78. The first-order chi connectivity index (χ1) is 13.2. The van der Waals surface area contributed by atoms with Crippen molar-refractivity contribution in [1.29, 1.82) is 0 Å². The minimum Gasteiger partial charge on any atom is -0.454 e. The molecule has 1 heterocycles. The van der Waals surface area contributed by atoms with Gasteiger partial charge < -0.3 is 25.4 Å². The van der Waals surface area contributed by atoms with Crippen LogP contribution in [0.15, 0.2) is 36.4 Å². The Balaban J connectivity index is 1.68. The number of fused-ring (bicyclic) bond motifs is 1. The highest BCUT2D eigenvalue weighted by Crippen LogP contribution is 2.36. The molecule has 7 nitrogen and oxygen atoms in total. The van der Waals surface area contributed by atoms with Crippen molar-refractivity contribution in [3.05, 3.63) is 47.5 Å². The Kier molecular flexibility index (Phi) is 5.30. The molecule has 1 aliphatic rings. The van der Waals surface area contributed by atoms with Crippen LogP contribution in [-0.2, 0) is 17.5 Å². The Morgan fingerprint density at radius 1 is 1.04 bits per heavy atom.